The summed E-state index contributed by atoms with van der Waals surface area (Å²) in [6.07, 6.45) is 62.6. The fourth-order valence-corrected chi connectivity index (χ4v) is 5.94. The van der Waals surface area contributed by atoms with Gasteiger partial charge >= 0.3 is 11.9 Å². The van der Waals surface area contributed by atoms with Crippen LogP contribution in [0, 0.1) is 0 Å². The maximum absolute atomic E-state index is 12.7. The van der Waals surface area contributed by atoms with Crippen molar-refractivity contribution in [1.29, 1.82) is 0 Å². The summed E-state index contributed by atoms with van der Waals surface area (Å²) in [5.74, 6) is -1.50. The van der Waals surface area contributed by atoms with Crippen LogP contribution in [0.1, 0.15) is 187 Å². The van der Waals surface area contributed by atoms with Gasteiger partial charge in [0.1, 0.15) is 12.6 Å². The van der Waals surface area contributed by atoms with E-state index in [9.17, 15) is 14.4 Å². The van der Waals surface area contributed by atoms with Gasteiger partial charge in [-0.05, 0) is 102 Å². The summed E-state index contributed by atoms with van der Waals surface area (Å²) in [6.45, 7) is 4.04. The number of allylic oxidation sites excluding steroid dienone is 15. The molecule has 0 radical (unpaired) electrons. The molecule has 1 unspecified atom stereocenters. The molecule has 0 saturated heterocycles. The highest BCUT2D eigenvalue weighted by atomic mass is 16.5. The van der Waals surface area contributed by atoms with Crippen LogP contribution < -0.4 is 5.32 Å². The van der Waals surface area contributed by atoms with E-state index in [4.69, 9.17) is 9.84 Å². The molecule has 6 nitrogen and oxygen atoms in total. The third-order valence-electron chi connectivity index (χ3n) is 9.22. The molecule has 0 saturated carbocycles. The van der Waals surface area contributed by atoms with Crippen molar-refractivity contribution in [3.63, 3.8) is 0 Å². The predicted octanol–water partition coefficient (Wildman–Crippen LogP) is 14.1. The van der Waals surface area contributed by atoms with E-state index in [0.29, 0.717) is 25.7 Å². The summed E-state index contributed by atoms with van der Waals surface area (Å²) in [4.78, 5) is 35.2. The molecule has 56 heavy (non-hydrogen) atoms. The minimum Gasteiger partial charge on any atom is -0.480 e. The highest BCUT2D eigenvalue weighted by Gasteiger charge is 2.12. The molecule has 0 aromatic rings. The fourth-order valence-electron chi connectivity index (χ4n) is 5.94. The zero-order chi connectivity index (χ0) is 40.8. The summed E-state index contributed by atoms with van der Waals surface area (Å²) in [5, 5.41) is 11.1. The Morgan fingerprint density at radius 1 is 0.500 bits per heavy atom. The molecular weight excluding hydrogens is 695 g/mol. The van der Waals surface area contributed by atoms with Gasteiger partial charge in [0, 0.05) is 12.8 Å². The number of carbonyl (C=O) groups excluding carboxylic acids is 2. The van der Waals surface area contributed by atoms with Gasteiger partial charge in [0.15, 0.2) is 0 Å². The molecule has 1 amide bonds. The highest BCUT2D eigenvalue weighted by molar-refractivity contribution is 5.81. The van der Waals surface area contributed by atoms with Crippen LogP contribution in [0.5, 0.6) is 0 Å². The zero-order valence-electron chi connectivity index (χ0n) is 35.7. The third kappa shape index (κ3) is 43.1. The zero-order valence-corrected chi connectivity index (χ0v) is 35.7. The van der Waals surface area contributed by atoms with Gasteiger partial charge < -0.3 is 15.2 Å². The number of esters is 1. The Balaban J connectivity index is 4.21. The van der Waals surface area contributed by atoms with Crippen LogP contribution in [-0.4, -0.2) is 35.6 Å². The Kier molecular flexibility index (Phi) is 41.2. The van der Waals surface area contributed by atoms with Crippen LogP contribution in [0.4, 0.5) is 0 Å². The molecule has 0 aliphatic carbocycles. The van der Waals surface area contributed by atoms with E-state index < -0.39 is 5.97 Å². The number of amides is 1. The molecule has 1 atom stereocenters. The lowest BCUT2D eigenvalue weighted by atomic mass is 10.1. The molecule has 0 bridgehead atoms. The number of carbonyl (C=O) groups is 3. The van der Waals surface area contributed by atoms with Gasteiger partial charge in [-0.1, -0.05) is 169 Å². The summed E-state index contributed by atoms with van der Waals surface area (Å²) >= 11 is 0. The number of rotatable bonds is 39. The fraction of sp³-hybridized carbons (Fsp3) is 0.620. The molecule has 6 heteroatoms. The minimum atomic E-state index is -1.06. The molecule has 2 N–H and O–H groups in total. The van der Waals surface area contributed by atoms with Gasteiger partial charge in [0.05, 0.1) is 0 Å². The van der Waals surface area contributed by atoms with Crippen LogP contribution in [-0.2, 0) is 19.1 Å². The number of aliphatic carboxylic acids is 1. The minimum absolute atomic E-state index is 0.168. The van der Waals surface area contributed by atoms with Gasteiger partial charge in [-0.3, -0.25) is 14.4 Å². The number of hydrogen-bond donors (Lipinski definition) is 2. The summed E-state index contributed by atoms with van der Waals surface area (Å²) in [6, 6.07) is 0. The predicted molar refractivity (Wildman–Crippen MR) is 240 cm³/mol. The van der Waals surface area contributed by atoms with Crippen molar-refractivity contribution in [2.24, 2.45) is 0 Å². The Labute approximate surface area is 343 Å². The molecule has 0 fully saturated rings. The Morgan fingerprint density at radius 2 is 0.929 bits per heavy atom. The van der Waals surface area contributed by atoms with Gasteiger partial charge in [-0.15, -0.1) is 0 Å². The number of nitrogens with one attached hydrogen (secondary N) is 1. The molecule has 0 aromatic carbocycles. The van der Waals surface area contributed by atoms with Gasteiger partial charge in [-0.2, -0.15) is 0 Å². The number of hydrogen-bond acceptors (Lipinski definition) is 4. The van der Waals surface area contributed by atoms with Crippen LogP contribution >= 0.6 is 0 Å². The van der Waals surface area contributed by atoms with Gasteiger partial charge in [-0.25, -0.2) is 0 Å². The molecule has 0 heterocycles. The van der Waals surface area contributed by atoms with E-state index in [0.717, 1.165) is 70.6 Å². The largest absolute Gasteiger partial charge is 0.480 e. The van der Waals surface area contributed by atoms with Crippen LogP contribution in [0.2, 0.25) is 0 Å². The molecular formula is C50H81NO5. The van der Waals surface area contributed by atoms with Gasteiger partial charge in [0.2, 0.25) is 5.91 Å². The Morgan fingerprint density at radius 3 is 1.43 bits per heavy atom. The molecule has 0 spiro atoms. The SMILES string of the molecule is CC/C=C\C/C=C\C/C=C\C/C=C\C/C=C\C(CCCCC(=O)NCC(=O)O)OC(=O)CCCCCCCCCC/C=C\C/C=C\C/C=C\CCCCCCC. The van der Waals surface area contributed by atoms with E-state index in [1.807, 2.05) is 12.2 Å². The summed E-state index contributed by atoms with van der Waals surface area (Å²) in [7, 11) is 0. The monoisotopic (exact) mass is 776 g/mol. The van der Waals surface area contributed by atoms with Crippen LogP contribution in [0.15, 0.2) is 97.2 Å². The lowest BCUT2D eigenvalue weighted by Gasteiger charge is -2.14. The third-order valence-corrected chi connectivity index (χ3v) is 9.22. The summed E-state index contributed by atoms with van der Waals surface area (Å²) in [5.41, 5.74) is 0. The average molecular weight is 776 g/mol. The van der Waals surface area contributed by atoms with E-state index in [2.05, 4.69) is 104 Å². The standard InChI is InChI=1S/C50H81NO5/c1-3-5-7-9-11-13-15-17-19-20-21-22-23-24-25-26-27-29-31-33-35-37-39-45-50(55)56-47(43-40-41-44-48(52)51-46-49(53)54)42-38-36-34-32-30-28-18-16-14-12-10-8-6-4-2/h6,8,12,14-15,17-18,20-21,23-24,28,32,34,38,42,47H,3-5,7,9-11,13,16,19,22,25-27,29-31,33,35-37,39-41,43-46H2,1-2H3,(H,51,52)(H,53,54)/b8-6-,14-12-,17-15-,21-20-,24-23-,28-18-,34-32-,42-38-. The quantitative estimate of drug-likeness (QED) is 0.0368. The van der Waals surface area contributed by atoms with E-state index >= 15 is 0 Å². The molecule has 0 rings (SSSR count). The molecule has 316 valence electrons. The van der Waals surface area contributed by atoms with Crippen molar-refractivity contribution in [2.45, 2.75) is 193 Å². The van der Waals surface area contributed by atoms with Crippen molar-refractivity contribution in [3.05, 3.63) is 97.2 Å². The topological polar surface area (TPSA) is 92.7 Å². The van der Waals surface area contributed by atoms with Gasteiger partial charge in [0.25, 0.3) is 0 Å². The van der Waals surface area contributed by atoms with Crippen molar-refractivity contribution in [3.8, 4) is 0 Å². The number of unbranched alkanes of at least 4 members (excludes halogenated alkanes) is 14. The first-order valence-electron chi connectivity index (χ1n) is 22.4. The number of carboxylic acid groups (broad SMARTS) is 1. The smallest absolute Gasteiger partial charge is 0.322 e. The van der Waals surface area contributed by atoms with Crippen molar-refractivity contribution in [1.82, 2.24) is 5.32 Å². The second-order valence-electron chi connectivity index (χ2n) is 14.6. The van der Waals surface area contributed by atoms with Crippen molar-refractivity contribution < 1.29 is 24.2 Å². The van der Waals surface area contributed by atoms with E-state index in [-0.39, 0.29) is 30.9 Å². The molecule has 0 aromatic heterocycles. The van der Waals surface area contributed by atoms with Crippen LogP contribution in [0.25, 0.3) is 0 Å². The normalized spacial score (nSPS) is 13.0. The van der Waals surface area contributed by atoms with E-state index in [1.54, 1.807) is 0 Å². The maximum Gasteiger partial charge on any atom is 0.322 e. The first-order valence-corrected chi connectivity index (χ1v) is 22.4. The second-order valence-corrected chi connectivity index (χ2v) is 14.6. The highest BCUT2D eigenvalue weighted by Crippen LogP contribution is 2.14. The average Bonchev–Trinajstić information content (AvgIpc) is 3.18. The lowest BCUT2D eigenvalue weighted by molar-refractivity contribution is -0.147. The first-order chi connectivity index (χ1) is 27.5. The number of carboxylic acids is 1. The second kappa shape index (κ2) is 44.0. The molecule has 0 aliphatic rings. The lowest BCUT2D eigenvalue weighted by Crippen LogP contribution is -2.28. The van der Waals surface area contributed by atoms with Crippen molar-refractivity contribution >= 4 is 17.8 Å². The Hall–Kier alpha value is -3.67. The van der Waals surface area contributed by atoms with Crippen LogP contribution in [0.3, 0.4) is 0 Å². The number of ether oxygens (including phenoxy) is 1. The van der Waals surface area contributed by atoms with E-state index in [1.165, 1.54) is 70.6 Å². The Bertz CT molecular complexity index is 1170. The molecule has 0 aliphatic heterocycles. The maximum atomic E-state index is 12.7. The van der Waals surface area contributed by atoms with Crippen molar-refractivity contribution in [2.75, 3.05) is 6.54 Å². The first kappa shape index (κ1) is 52.3. The summed E-state index contributed by atoms with van der Waals surface area (Å²) < 4.78 is 5.84.